The van der Waals surface area contributed by atoms with Crippen LogP contribution < -0.4 is 11.1 Å². The molecule has 11 atom stereocenters. The highest BCUT2D eigenvalue weighted by Gasteiger charge is 2.75. The topological polar surface area (TPSA) is 202 Å². The van der Waals surface area contributed by atoms with Gasteiger partial charge in [-0.25, -0.2) is 4.39 Å². The van der Waals surface area contributed by atoms with Crippen LogP contribution in [0.15, 0.2) is 84.7 Å². The molecule has 12 nitrogen and oxygen atoms in total. The predicted molar refractivity (Wildman–Crippen MR) is 221 cm³/mol. The molecule has 4 saturated carbocycles. The molecular formula is C47H53FN4O8. The summed E-state index contributed by atoms with van der Waals surface area (Å²) < 4.78 is 28.6. The number of anilines is 1. The van der Waals surface area contributed by atoms with E-state index < -0.39 is 76.3 Å². The van der Waals surface area contributed by atoms with Gasteiger partial charge in [0, 0.05) is 40.2 Å². The summed E-state index contributed by atoms with van der Waals surface area (Å²) >= 11 is 0. The van der Waals surface area contributed by atoms with E-state index in [0.29, 0.717) is 49.1 Å². The molecule has 3 unspecified atom stereocenters. The summed E-state index contributed by atoms with van der Waals surface area (Å²) in [4.78, 5) is 55.8. The van der Waals surface area contributed by atoms with Crippen molar-refractivity contribution in [2.75, 3.05) is 18.5 Å². The Bertz CT molecular complexity index is 2310. The van der Waals surface area contributed by atoms with Gasteiger partial charge in [0.15, 0.2) is 11.5 Å². The van der Waals surface area contributed by atoms with E-state index >= 15 is 4.39 Å². The van der Waals surface area contributed by atoms with E-state index in [-0.39, 0.29) is 42.8 Å². The molecule has 4 fully saturated rings. The van der Waals surface area contributed by atoms with Gasteiger partial charge in [-0.05, 0) is 111 Å². The Balaban J connectivity index is 0.840. The molecule has 0 radical (unpaired) electrons. The van der Waals surface area contributed by atoms with Crippen LogP contribution in [0.1, 0.15) is 76.3 Å². The molecule has 1 heterocycles. The number of aromatic nitrogens is 1. The molecule has 3 aromatic rings. The molecule has 2 aromatic carbocycles. The minimum Gasteiger partial charge on any atom is -0.461 e. The van der Waals surface area contributed by atoms with Crippen LogP contribution in [-0.2, 0) is 35.3 Å². The number of rotatable bonds is 12. The number of nitrogens with one attached hydrogen (secondary N) is 2. The number of nitrogens with two attached hydrogens (primary N) is 1. The first kappa shape index (κ1) is 41.6. The van der Waals surface area contributed by atoms with E-state index in [1.807, 2.05) is 43.3 Å². The minimum absolute atomic E-state index is 0.0371. The largest absolute Gasteiger partial charge is 0.461 e. The van der Waals surface area contributed by atoms with Gasteiger partial charge in [0.1, 0.15) is 18.8 Å². The number of aliphatic hydroxyl groups is 2. The molecule has 316 valence electrons. The molecule has 13 heteroatoms. The number of benzene rings is 2. The molecule has 0 saturated heterocycles. The lowest BCUT2D eigenvalue weighted by atomic mass is 9.44. The summed E-state index contributed by atoms with van der Waals surface area (Å²) in [6.07, 6.45) is 8.26. The Kier molecular flexibility index (Phi) is 10.7. The van der Waals surface area contributed by atoms with E-state index in [2.05, 4.69) is 10.3 Å². The smallest absolute Gasteiger partial charge is 0.310 e. The third kappa shape index (κ3) is 6.69. The number of fused-ring (bicyclic) bond motifs is 6. The molecular weight excluding hydrogens is 768 g/mol. The first-order valence-electron chi connectivity index (χ1n) is 20.9. The van der Waals surface area contributed by atoms with E-state index in [0.717, 1.165) is 16.3 Å². The first-order valence-corrected chi connectivity index (χ1v) is 20.9. The predicted octanol–water partition coefficient (Wildman–Crippen LogP) is 5.90. The van der Waals surface area contributed by atoms with Crippen molar-refractivity contribution in [1.29, 1.82) is 5.41 Å². The average Bonchev–Trinajstić information content (AvgIpc) is 4.01. The molecule has 6 N–H and O–H groups in total. The fourth-order valence-electron chi connectivity index (χ4n) is 11.4. The summed E-state index contributed by atoms with van der Waals surface area (Å²) in [6, 6.07) is 14.7. The second kappa shape index (κ2) is 15.4. The van der Waals surface area contributed by atoms with Crippen molar-refractivity contribution in [3.05, 3.63) is 95.9 Å². The van der Waals surface area contributed by atoms with Crippen molar-refractivity contribution in [2.24, 2.45) is 46.2 Å². The number of esters is 2. The van der Waals surface area contributed by atoms with Crippen molar-refractivity contribution in [3.8, 4) is 0 Å². The fourth-order valence-corrected chi connectivity index (χ4v) is 11.4. The summed E-state index contributed by atoms with van der Waals surface area (Å²) in [6.45, 7) is 5.11. The number of ketones is 1. The number of ether oxygens (including phenoxy) is 2. The lowest BCUT2D eigenvalue weighted by molar-refractivity contribution is -0.209. The van der Waals surface area contributed by atoms with E-state index in [1.165, 1.54) is 12.2 Å². The standard InChI is InChI=1S/C47H53FN4O8/c1-26-18-38-37-11-9-31-20-33(53)12-15-44(31,2)46(37,48)40(54)22-45(38,3)47(26,58)39(50)25-60-43(57)36-21-35(36)42(56)59-24-27-4-6-28(7-5-27)34(13-16-49)41(55)52-32-10-8-30-23-51-17-14-29(30)19-32/h4-8,10,12,14-15,17,19-20,23,26,34-38,40,50,54,58H,9,11,13,16,18,21-22,24-25,49H2,1-3H3,(H,52,55)/t26-,34?,35?,36?,37+,38+,40+,44+,45+,46+,47+/m1/s1. The van der Waals surface area contributed by atoms with Gasteiger partial charge in [0.05, 0.1) is 29.6 Å². The van der Waals surface area contributed by atoms with Crippen LogP contribution in [0.2, 0.25) is 0 Å². The molecule has 5 aliphatic carbocycles. The number of carbonyl (C=O) groups is 4. The number of nitrogens with zero attached hydrogens (tertiary/aromatic N) is 1. The zero-order valence-corrected chi connectivity index (χ0v) is 34.2. The Morgan fingerprint density at radius 3 is 2.50 bits per heavy atom. The zero-order chi connectivity index (χ0) is 42.8. The van der Waals surface area contributed by atoms with Crippen molar-refractivity contribution in [2.45, 2.75) is 89.2 Å². The van der Waals surface area contributed by atoms with Crippen molar-refractivity contribution < 1.29 is 43.3 Å². The second-order valence-corrected chi connectivity index (χ2v) is 18.1. The molecule has 0 bridgehead atoms. The molecule has 0 aliphatic heterocycles. The van der Waals surface area contributed by atoms with Gasteiger partial charge in [-0.15, -0.1) is 0 Å². The van der Waals surface area contributed by atoms with Crippen LogP contribution in [0.5, 0.6) is 0 Å². The fraction of sp³-hybridized carbons (Fsp3) is 0.489. The normalized spacial score (nSPS) is 34.4. The molecule has 0 spiro atoms. The Morgan fingerprint density at radius 2 is 1.77 bits per heavy atom. The van der Waals surface area contributed by atoms with E-state index in [4.69, 9.17) is 20.6 Å². The minimum atomic E-state index is -2.07. The summed E-state index contributed by atoms with van der Waals surface area (Å²) in [7, 11) is 0. The Morgan fingerprint density at radius 1 is 1.03 bits per heavy atom. The van der Waals surface area contributed by atoms with E-state index in [1.54, 1.807) is 44.4 Å². The van der Waals surface area contributed by atoms with Crippen molar-refractivity contribution in [3.63, 3.8) is 0 Å². The number of alkyl halides is 1. The van der Waals surface area contributed by atoms with Gasteiger partial charge in [-0.2, -0.15) is 0 Å². The quantitative estimate of drug-likeness (QED) is 0.108. The van der Waals surface area contributed by atoms with Gasteiger partial charge < -0.3 is 36.1 Å². The maximum atomic E-state index is 17.5. The number of hydrogen-bond donors (Lipinski definition) is 5. The maximum Gasteiger partial charge on any atom is 0.310 e. The van der Waals surface area contributed by atoms with Gasteiger partial charge in [-0.1, -0.05) is 55.8 Å². The number of aliphatic hydroxyl groups excluding tert-OH is 1. The van der Waals surface area contributed by atoms with Crippen molar-refractivity contribution >= 4 is 45.8 Å². The average molecular weight is 821 g/mol. The lowest BCUT2D eigenvalue weighted by Crippen LogP contribution is -2.69. The van der Waals surface area contributed by atoms with Crippen LogP contribution >= 0.6 is 0 Å². The van der Waals surface area contributed by atoms with Crippen LogP contribution in [0.4, 0.5) is 10.1 Å². The second-order valence-electron chi connectivity index (χ2n) is 18.1. The van der Waals surface area contributed by atoms with Crippen LogP contribution in [-0.4, -0.2) is 75.1 Å². The molecule has 8 rings (SSSR count). The Labute approximate surface area is 348 Å². The first-order chi connectivity index (χ1) is 28.5. The highest BCUT2D eigenvalue weighted by molar-refractivity contribution is 6.01. The molecule has 1 aromatic heterocycles. The van der Waals surface area contributed by atoms with E-state index in [9.17, 15) is 29.4 Å². The SMILES string of the molecule is C[C@@H]1C[C@H]2[C@@H]3CCC4=CC(=O)C=C[C@]4(C)[C@@]3(F)[C@@H](O)C[C@]2(C)[C@@]1(O)C(=N)COC(=O)C1CC1C(=O)OCc1ccc(C(CCN)C(=O)Nc2ccc3cnccc3c2)cc1. The summed E-state index contributed by atoms with van der Waals surface area (Å²) in [5, 5.41) is 38.0. The Hall–Kier alpha value is -5.11. The maximum absolute atomic E-state index is 17.5. The molecule has 5 aliphatic rings. The summed E-state index contributed by atoms with van der Waals surface area (Å²) in [5.74, 6) is -5.06. The van der Waals surface area contributed by atoms with Crippen LogP contribution in [0.25, 0.3) is 10.8 Å². The van der Waals surface area contributed by atoms with Gasteiger partial charge in [-0.3, -0.25) is 24.2 Å². The van der Waals surface area contributed by atoms with Gasteiger partial charge >= 0.3 is 11.9 Å². The van der Waals surface area contributed by atoms with Crippen LogP contribution in [0, 0.1) is 45.8 Å². The van der Waals surface area contributed by atoms with Gasteiger partial charge in [0.2, 0.25) is 5.91 Å². The third-order valence-electron chi connectivity index (χ3n) is 14.9. The third-order valence-corrected chi connectivity index (χ3v) is 14.9. The zero-order valence-electron chi connectivity index (χ0n) is 34.2. The number of allylic oxidation sites excluding steroid dienone is 4. The number of amides is 1. The highest BCUT2D eigenvalue weighted by atomic mass is 19.1. The number of carbonyl (C=O) groups excluding carboxylic acids is 4. The lowest BCUT2D eigenvalue weighted by Gasteiger charge is -2.62. The summed E-state index contributed by atoms with van der Waals surface area (Å²) in [5.41, 5.74) is 2.34. The highest BCUT2D eigenvalue weighted by Crippen LogP contribution is 2.70. The van der Waals surface area contributed by atoms with Crippen molar-refractivity contribution in [1.82, 2.24) is 4.98 Å². The number of halogens is 1. The molecule has 1 amide bonds. The van der Waals surface area contributed by atoms with Gasteiger partial charge in [0.25, 0.3) is 0 Å². The van der Waals surface area contributed by atoms with Crippen LogP contribution in [0.3, 0.4) is 0 Å². The monoisotopic (exact) mass is 820 g/mol. The molecule has 60 heavy (non-hydrogen) atoms. The number of hydrogen-bond acceptors (Lipinski definition) is 11. The number of pyridine rings is 1.